The molecule has 4 rings (SSSR count). The van der Waals surface area contributed by atoms with Crippen LogP contribution in [0.3, 0.4) is 0 Å². The molecule has 0 bridgehead atoms. The molecule has 0 radical (unpaired) electrons. The zero-order chi connectivity index (χ0) is 17.8. The van der Waals surface area contributed by atoms with Gasteiger partial charge < -0.3 is 15.2 Å². The number of aryl methyl sites for hydroxylation is 1. The molecule has 1 fully saturated rings. The minimum atomic E-state index is 0. The van der Waals surface area contributed by atoms with Gasteiger partial charge in [-0.2, -0.15) is 0 Å². The molecule has 27 heavy (non-hydrogen) atoms. The van der Waals surface area contributed by atoms with E-state index in [0.29, 0.717) is 12.6 Å². The predicted octanol–water partition coefficient (Wildman–Crippen LogP) is 1.78. The number of hydrogen-bond donors (Lipinski definition) is 2. The number of aromatic nitrogens is 3. The van der Waals surface area contributed by atoms with Crippen LogP contribution >= 0.6 is 24.0 Å². The molecule has 3 heterocycles. The second-order valence-corrected chi connectivity index (χ2v) is 7.06. The summed E-state index contributed by atoms with van der Waals surface area (Å²) < 4.78 is 2.22. The Morgan fingerprint density at radius 3 is 2.89 bits per heavy atom. The van der Waals surface area contributed by atoms with Crippen LogP contribution in [0.4, 0.5) is 0 Å². The van der Waals surface area contributed by atoms with Crippen molar-refractivity contribution in [3.8, 4) is 0 Å². The van der Waals surface area contributed by atoms with Gasteiger partial charge in [0.1, 0.15) is 5.82 Å². The van der Waals surface area contributed by atoms with Crippen LogP contribution in [-0.2, 0) is 26.1 Å². The van der Waals surface area contributed by atoms with Crippen LogP contribution in [0.15, 0.2) is 35.3 Å². The molecular weight excluding hydrogens is 453 g/mol. The quantitative estimate of drug-likeness (QED) is 0.387. The molecule has 0 amide bonds. The number of nitrogens with zero attached hydrogens (tertiary/aromatic N) is 5. The topological polar surface area (TPSA) is 70.4 Å². The second kappa shape index (κ2) is 9.50. The summed E-state index contributed by atoms with van der Waals surface area (Å²) in [5.41, 5.74) is 1.37. The second-order valence-electron chi connectivity index (χ2n) is 7.06. The fourth-order valence-corrected chi connectivity index (χ4v) is 3.83. The Hall–Kier alpha value is -1.68. The first-order chi connectivity index (χ1) is 12.8. The maximum Gasteiger partial charge on any atom is 0.191 e. The third-order valence-corrected chi connectivity index (χ3v) is 5.19. The van der Waals surface area contributed by atoms with Gasteiger partial charge in [0.15, 0.2) is 11.8 Å². The summed E-state index contributed by atoms with van der Waals surface area (Å²) in [4.78, 5) is 6.86. The van der Waals surface area contributed by atoms with Gasteiger partial charge in [-0.05, 0) is 18.4 Å². The van der Waals surface area contributed by atoms with Crippen LogP contribution in [0.5, 0.6) is 0 Å². The summed E-state index contributed by atoms with van der Waals surface area (Å²) in [5, 5.41) is 15.5. The maximum absolute atomic E-state index is 4.37. The first-order valence-corrected chi connectivity index (χ1v) is 9.46. The molecule has 8 heteroatoms. The van der Waals surface area contributed by atoms with Crippen LogP contribution in [0.25, 0.3) is 0 Å². The Kier molecular flexibility index (Phi) is 7.06. The number of rotatable bonds is 5. The molecule has 1 unspecified atom stereocenters. The minimum Gasteiger partial charge on any atom is -0.352 e. The molecular formula is C19H28IN7. The molecule has 1 aromatic carbocycles. The predicted molar refractivity (Wildman–Crippen MR) is 117 cm³/mol. The Morgan fingerprint density at radius 1 is 1.22 bits per heavy atom. The van der Waals surface area contributed by atoms with Crippen molar-refractivity contribution in [2.45, 2.75) is 44.9 Å². The van der Waals surface area contributed by atoms with Gasteiger partial charge in [0, 0.05) is 45.7 Å². The lowest BCUT2D eigenvalue weighted by atomic mass is 10.2. The molecule has 146 valence electrons. The van der Waals surface area contributed by atoms with E-state index in [9.17, 15) is 0 Å². The molecule has 0 spiro atoms. The zero-order valence-electron chi connectivity index (χ0n) is 15.8. The van der Waals surface area contributed by atoms with Crippen LogP contribution in [0, 0.1) is 0 Å². The van der Waals surface area contributed by atoms with Crippen LogP contribution < -0.4 is 10.6 Å². The number of benzene rings is 1. The third kappa shape index (κ3) is 4.98. The lowest BCUT2D eigenvalue weighted by Crippen LogP contribution is -2.44. The SMILES string of the molecule is CN=C(NCc1nnc2n1CCC2)NC1CCN(Cc2ccccc2)C1.I. The van der Waals surface area contributed by atoms with E-state index in [0.717, 1.165) is 56.6 Å². The molecule has 2 N–H and O–H groups in total. The van der Waals surface area contributed by atoms with E-state index < -0.39 is 0 Å². The molecule has 2 aliphatic heterocycles. The van der Waals surface area contributed by atoms with Crippen molar-refractivity contribution >= 4 is 29.9 Å². The Labute approximate surface area is 177 Å². The van der Waals surface area contributed by atoms with Crippen molar-refractivity contribution in [3.05, 3.63) is 47.5 Å². The van der Waals surface area contributed by atoms with Crippen molar-refractivity contribution in [2.75, 3.05) is 20.1 Å². The maximum atomic E-state index is 4.37. The highest BCUT2D eigenvalue weighted by Crippen LogP contribution is 2.14. The number of nitrogens with one attached hydrogen (secondary N) is 2. The van der Waals surface area contributed by atoms with Gasteiger partial charge in [-0.25, -0.2) is 0 Å². The summed E-state index contributed by atoms with van der Waals surface area (Å²) in [7, 11) is 1.82. The highest BCUT2D eigenvalue weighted by atomic mass is 127. The Morgan fingerprint density at radius 2 is 2.07 bits per heavy atom. The standard InChI is InChI=1S/C19H27N7.HI/c1-20-19(21-12-18-24-23-17-8-5-10-26(17)18)22-16-9-11-25(14-16)13-15-6-3-2-4-7-15;/h2-4,6-7,16H,5,8-14H2,1H3,(H2,20,21,22);1H. The number of halogens is 1. The fraction of sp³-hybridized carbons (Fsp3) is 0.526. The molecule has 1 saturated heterocycles. The van der Waals surface area contributed by atoms with Crippen molar-refractivity contribution in [1.29, 1.82) is 0 Å². The van der Waals surface area contributed by atoms with Crippen LogP contribution in [-0.4, -0.2) is 51.8 Å². The van der Waals surface area contributed by atoms with Crippen LogP contribution in [0.2, 0.25) is 0 Å². The lowest BCUT2D eigenvalue weighted by molar-refractivity contribution is 0.324. The van der Waals surface area contributed by atoms with E-state index in [1.807, 2.05) is 7.05 Å². The molecule has 1 aromatic heterocycles. The smallest absolute Gasteiger partial charge is 0.191 e. The number of fused-ring (bicyclic) bond motifs is 1. The molecule has 2 aliphatic rings. The summed E-state index contributed by atoms with van der Waals surface area (Å²) in [6.45, 7) is 4.85. The Balaban J connectivity index is 0.00000210. The van der Waals surface area contributed by atoms with E-state index in [4.69, 9.17) is 0 Å². The van der Waals surface area contributed by atoms with Crippen molar-refractivity contribution < 1.29 is 0 Å². The first kappa shape index (κ1) is 20.1. The van der Waals surface area contributed by atoms with Gasteiger partial charge in [-0.1, -0.05) is 30.3 Å². The highest BCUT2D eigenvalue weighted by Gasteiger charge is 2.23. The monoisotopic (exact) mass is 481 g/mol. The van der Waals surface area contributed by atoms with Gasteiger partial charge in [-0.15, -0.1) is 34.2 Å². The summed E-state index contributed by atoms with van der Waals surface area (Å²) in [6.07, 6.45) is 3.34. The van der Waals surface area contributed by atoms with E-state index in [-0.39, 0.29) is 24.0 Å². The largest absolute Gasteiger partial charge is 0.352 e. The van der Waals surface area contributed by atoms with Crippen molar-refractivity contribution in [2.24, 2.45) is 4.99 Å². The minimum absolute atomic E-state index is 0. The number of hydrogen-bond acceptors (Lipinski definition) is 4. The summed E-state index contributed by atoms with van der Waals surface area (Å²) >= 11 is 0. The Bertz CT molecular complexity index is 759. The molecule has 0 aliphatic carbocycles. The number of aliphatic imine (C=N–C) groups is 1. The molecule has 2 aromatic rings. The normalized spacial score (nSPS) is 19.6. The van der Waals surface area contributed by atoms with Crippen molar-refractivity contribution in [3.63, 3.8) is 0 Å². The third-order valence-electron chi connectivity index (χ3n) is 5.19. The van der Waals surface area contributed by atoms with Gasteiger partial charge in [0.2, 0.25) is 0 Å². The van der Waals surface area contributed by atoms with E-state index in [1.54, 1.807) is 0 Å². The number of guanidine groups is 1. The molecule has 7 nitrogen and oxygen atoms in total. The molecule has 1 atom stereocenters. The van der Waals surface area contributed by atoms with Crippen molar-refractivity contribution in [1.82, 2.24) is 30.3 Å². The van der Waals surface area contributed by atoms with Gasteiger partial charge in [-0.3, -0.25) is 9.89 Å². The van der Waals surface area contributed by atoms with E-state index in [1.165, 1.54) is 12.0 Å². The number of likely N-dealkylation sites (tertiary alicyclic amines) is 1. The van der Waals surface area contributed by atoms with E-state index >= 15 is 0 Å². The van der Waals surface area contributed by atoms with Gasteiger partial charge >= 0.3 is 0 Å². The summed E-state index contributed by atoms with van der Waals surface area (Å²) in [6, 6.07) is 11.1. The van der Waals surface area contributed by atoms with Gasteiger partial charge in [0.25, 0.3) is 0 Å². The average Bonchev–Trinajstić information content (AvgIpc) is 3.37. The summed E-state index contributed by atoms with van der Waals surface area (Å²) in [5.74, 6) is 2.95. The fourth-order valence-electron chi connectivity index (χ4n) is 3.83. The average molecular weight is 481 g/mol. The first-order valence-electron chi connectivity index (χ1n) is 9.46. The van der Waals surface area contributed by atoms with E-state index in [2.05, 4.69) is 65.6 Å². The van der Waals surface area contributed by atoms with Gasteiger partial charge in [0.05, 0.1) is 6.54 Å². The zero-order valence-corrected chi connectivity index (χ0v) is 18.1. The lowest BCUT2D eigenvalue weighted by Gasteiger charge is -2.19. The van der Waals surface area contributed by atoms with Crippen LogP contribution in [0.1, 0.15) is 30.1 Å². The highest BCUT2D eigenvalue weighted by molar-refractivity contribution is 14.0. The molecule has 0 saturated carbocycles.